The zero-order valence-corrected chi connectivity index (χ0v) is 15.6. The van der Waals surface area contributed by atoms with E-state index in [4.69, 9.17) is 0 Å². The second-order valence-electron chi connectivity index (χ2n) is 6.59. The normalized spacial score (nSPS) is 13.3. The summed E-state index contributed by atoms with van der Waals surface area (Å²) < 4.78 is 1.66. The summed E-state index contributed by atoms with van der Waals surface area (Å²) in [6.45, 7) is 3.65. The summed E-state index contributed by atoms with van der Waals surface area (Å²) >= 11 is 0. The molecule has 27 heavy (non-hydrogen) atoms. The number of rotatable bonds is 6. The number of benzene rings is 1. The summed E-state index contributed by atoms with van der Waals surface area (Å²) in [5, 5.41) is 17.7. The first-order valence-electron chi connectivity index (χ1n) is 8.75. The largest absolute Gasteiger partial charge is 0.481 e. The Morgan fingerprint density at radius 1 is 1.26 bits per heavy atom. The Hall–Kier alpha value is -3.22. The number of nitrogens with zero attached hydrogens (tertiary/aromatic N) is 3. The zero-order valence-electron chi connectivity index (χ0n) is 15.6. The van der Waals surface area contributed by atoms with E-state index < -0.39 is 11.4 Å². The lowest BCUT2D eigenvalue weighted by Gasteiger charge is -2.29. The predicted octanol–water partition coefficient (Wildman–Crippen LogP) is 2.44. The van der Waals surface area contributed by atoms with Crippen LogP contribution in [0.15, 0.2) is 42.6 Å². The molecule has 2 N–H and O–H groups in total. The van der Waals surface area contributed by atoms with Gasteiger partial charge in [-0.2, -0.15) is 5.10 Å². The fourth-order valence-electron chi connectivity index (χ4n) is 3.30. The van der Waals surface area contributed by atoms with Crippen LogP contribution in [0.25, 0.3) is 11.0 Å². The van der Waals surface area contributed by atoms with Crippen LogP contribution in [-0.2, 0) is 17.3 Å². The number of aryl methyl sites for hydroxylation is 2. The van der Waals surface area contributed by atoms with Crippen molar-refractivity contribution in [3.05, 3.63) is 59.4 Å². The average Bonchev–Trinajstić information content (AvgIpc) is 2.96. The van der Waals surface area contributed by atoms with Gasteiger partial charge in [-0.1, -0.05) is 37.3 Å². The van der Waals surface area contributed by atoms with E-state index in [1.165, 1.54) is 6.20 Å². The van der Waals surface area contributed by atoms with Crippen LogP contribution in [0.3, 0.4) is 0 Å². The van der Waals surface area contributed by atoms with E-state index in [1.807, 2.05) is 13.0 Å². The van der Waals surface area contributed by atoms with Gasteiger partial charge in [0.05, 0.1) is 11.3 Å². The van der Waals surface area contributed by atoms with Gasteiger partial charge in [0.25, 0.3) is 5.91 Å². The van der Waals surface area contributed by atoms with Crippen LogP contribution in [0, 0.1) is 6.92 Å². The van der Waals surface area contributed by atoms with Crippen molar-refractivity contribution in [2.45, 2.75) is 25.7 Å². The van der Waals surface area contributed by atoms with Crippen molar-refractivity contribution in [3.63, 3.8) is 0 Å². The Morgan fingerprint density at radius 2 is 1.96 bits per heavy atom. The van der Waals surface area contributed by atoms with Crippen LogP contribution >= 0.6 is 0 Å². The lowest BCUT2D eigenvalue weighted by molar-refractivity contribution is -0.143. The Morgan fingerprint density at radius 3 is 2.59 bits per heavy atom. The van der Waals surface area contributed by atoms with Gasteiger partial charge in [-0.05, 0) is 25.0 Å². The molecule has 0 aliphatic carbocycles. The molecule has 2 aromatic heterocycles. The summed E-state index contributed by atoms with van der Waals surface area (Å²) in [7, 11) is 1.80. The Balaban J connectivity index is 1.86. The number of hydrogen-bond acceptors (Lipinski definition) is 4. The molecule has 0 aliphatic heterocycles. The quantitative estimate of drug-likeness (QED) is 0.698. The number of carbonyl (C=O) groups excluding carboxylic acids is 1. The minimum Gasteiger partial charge on any atom is -0.481 e. The number of aliphatic carboxylic acids is 1. The third-order valence-electron chi connectivity index (χ3n) is 5.02. The molecule has 0 radical (unpaired) electrons. The van der Waals surface area contributed by atoms with E-state index in [0.717, 1.165) is 11.1 Å². The lowest BCUT2D eigenvalue weighted by Crippen LogP contribution is -2.46. The lowest BCUT2D eigenvalue weighted by atomic mass is 9.78. The van der Waals surface area contributed by atoms with Gasteiger partial charge in [0.15, 0.2) is 5.65 Å². The highest BCUT2D eigenvalue weighted by Crippen LogP contribution is 2.28. The molecule has 0 aliphatic rings. The van der Waals surface area contributed by atoms with Gasteiger partial charge in [-0.15, -0.1) is 0 Å². The first kappa shape index (κ1) is 18.6. The molecule has 1 unspecified atom stereocenters. The summed E-state index contributed by atoms with van der Waals surface area (Å²) in [6.07, 6.45) is 1.83. The number of hydrogen-bond donors (Lipinski definition) is 2. The summed E-state index contributed by atoms with van der Waals surface area (Å²) in [5.41, 5.74) is 1.34. The summed E-state index contributed by atoms with van der Waals surface area (Å²) in [4.78, 5) is 29.0. The second-order valence-corrected chi connectivity index (χ2v) is 6.59. The molecule has 7 heteroatoms. The summed E-state index contributed by atoms with van der Waals surface area (Å²) in [5.74, 6) is -1.32. The number of fused-ring (bicyclic) bond motifs is 1. The number of carbonyl (C=O) groups is 2. The minimum absolute atomic E-state index is 0.00820. The smallest absolute Gasteiger partial charge is 0.315 e. The molecule has 140 valence electrons. The third-order valence-corrected chi connectivity index (χ3v) is 5.02. The van der Waals surface area contributed by atoms with Crippen LogP contribution in [0.4, 0.5) is 0 Å². The Kier molecular flexibility index (Phi) is 4.94. The third kappa shape index (κ3) is 3.28. The van der Waals surface area contributed by atoms with Gasteiger partial charge in [-0.25, -0.2) is 4.98 Å². The van der Waals surface area contributed by atoms with Crippen LogP contribution in [0.2, 0.25) is 0 Å². The van der Waals surface area contributed by atoms with E-state index in [1.54, 1.807) is 49.0 Å². The highest BCUT2D eigenvalue weighted by atomic mass is 16.4. The topological polar surface area (TPSA) is 97.1 Å². The molecule has 1 aromatic carbocycles. The average molecular weight is 366 g/mol. The van der Waals surface area contributed by atoms with Crippen molar-refractivity contribution >= 4 is 22.9 Å². The van der Waals surface area contributed by atoms with E-state index in [2.05, 4.69) is 15.4 Å². The SMILES string of the molecule is CCC(CNC(=O)c1cnc2c(c1)c(C)nn2C)(C(=O)O)c1ccccc1. The van der Waals surface area contributed by atoms with E-state index in [-0.39, 0.29) is 12.5 Å². The van der Waals surface area contributed by atoms with Gasteiger partial charge in [0, 0.05) is 25.2 Å². The molecule has 1 amide bonds. The molecule has 0 fully saturated rings. The minimum atomic E-state index is -1.18. The molecular weight excluding hydrogens is 344 g/mol. The zero-order chi connectivity index (χ0) is 19.6. The molecule has 3 rings (SSSR count). The number of pyridine rings is 1. The highest BCUT2D eigenvalue weighted by Gasteiger charge is 2.39. The second kappa shape index (κ2) is 7.19. The molecule has 0 spiro atoms. The van der Waals surface area contributed by atoms with Crippen molar-refractivity contribution in [2.24, 2.45) is 7.05 Å². The van der Waals surface area contributed by atoms with E-state index >= 15 is 0 Å². The number of aromatic nitrogens is 3. The van der Waals surface area contributed by atoms with Crippen molar-refractivity contribution in [1.29, 1.82) is 0 Å². The van der Waals surface area contributed by atoms with Crippen molar-refractivity contribution < 1.29 is 14.7 Å². The maximum absolute atomic E-state index is 12.7. The van der Waals surface area contributed by atoms with Gasteiger partial charge in [0.1, 0.15) is 5.41 Å². The molecule has 1 atom stereocenters. The maximum atomic E-state index is 12.7. The Labute approximate surface area is 157 Å². The van der Waals surface area contributed by atoms with Crippen LogP contribution in [0.1, 0.15) is 35.0 Å². The van der Waals surface area contributed by atoms with Crippen molar-refractivity contribution in [3.8, 4) is 0 Å². The maximum Gasteiger partial charge on any atom is 0.315 e. The van der Waals surface area contributed by atoms with Gasteiger partial charge in [-0.3, -0.25) is 14.3 Å². The molecule has 7 nitrogen and oxygen atoms in total. The van der Waals surface area contributed by atoms with Gasteiger partial charge in [0.2, 0.25) is 0 Å². The molecule has 0 saturated heterocycles. The molecule has 3 aromatic rings. The standard InChI is InChI=1S/C20H22N4O3/c1-4-20(19(26)27,15-8-6-5-7-9-15)12-22-18(25)14-10-16-13(2)23-24(3)17(16)21-11-14/h5-11H,4,12H2,1-3H3,(H,22,25)(H,26,27). The van der Waals surface area contributed by atoms with Crippen LogP contribution in [-0.4, -0.2) is 38.3 Å². The monoisotopic (exact) mass is 366 g/mol. The van der Waals surface area contributed by atoms with Crippen LogP contribution < -0.4 is 5.32 Å². The molecular formula is C20H22N4O3. The van der Waals surface area contributed by atoms with Gasteiger partial charge < -0.3 is 10.4 Å². The molecule has 0 saturated carbocycles. The number of amides is 1. The van der Waals surface area contributed by atoms with E-state index in [9.17, 15) is 14.7 Å². The molecule has 0 bridgehead atoms. The fraction of sp³-hybridized carbons (Fsp3) is 0.300. The number of carboxylic acid groups (broad SMARTS) is 1. The highest BCUT2D eigenvalue weighted by molar-refractivity contribution is 5.97. The first-order valence-corrected chi connectivity index (χ1v) is 8.75. The van der Waals surface area contributed by atoms with Gasteiger partial charge >= 0.3 is 5.97 Å². The predicted molar refractivity (Wildman–Crippen MR) is 102 cm³/mol. The number of carboxylic acids is 1. The summed E-state index contributed by atoms with van der Waals surface area (Å²) in [6, 6.07) is 10.7. The number of nitrogens with one attached hydrogen (secondary N) is 1. The molecule has 2 heterocycles. The van der Waals surface area contributed by atoms with Crippen molar-refractivity contribution in [2.75, 3.05) is 6.54 Å². The Bertz CT molecular complexity index is 997. The van der Waals surface area contributed by atoms with E-state index in [0.29, 0.717) is 23.2 Å². The van der Waals surface area contributed by atoms with Crippen molar-refractivity contribution in [1.82, 2.24) is 20.1 Å². The first-order chi connectivity index (χ1) is 12.9. The fourth-order valence-corrected chi connectivity index (χ4v) is 3.30. The van der Waals surface area contributed by atoms with Crippen LogP contribution in [0.5, 0.6) is 0 Å².